The first kappa shape index (κ1) is 21.6. The number of benzene rings is 3. The van der Waals surface area contributed by atoms with Gasteiger partial charge in [-0.15, -0.1) is 0 Å². The molecule has 3 aromatic carbocycles. The van der Waals surface area contributed by atoms with Crippen LogP contribution in [0.3, 0.4) is 0 Å². The monoisotopic (exact) mass is 470 g/mol. The Balaban J connectivity index is 1.71. The van der Waals surface area contributed by atoms with Crippen molar-refractivity contribution in [3.63, 3.8) is 0 Å². The van der Waals surface area contributed by atoms with E-state index in [1.807, 2.05) is 6.07 Å². The highest BCUT2D eigenvalue weighted by Crippen LogP contribution is 2.46. The van der Waals surface area contributed by atoms with Crippen molar-refractivity contribution in [1.82, 2.24) is 4.40 Å². The van der Waals surface area contributed by atoms with Gasteiger partial charge in [0.1, 0.15) is 7.05 Å². The van der Waals surface area contributed by atoms with E-state index in [-0.39, 0.29) is 0 Å². The first-order valence-corrected chi connectivity index (χ1v) is 13.2. The van der Waals surface area contributed by atoms with Crippen LogP contribution in [-0.2, 0) is 7.05 Å². The summed E-state index contributed by atoms with van der Waals surface area (Å²) in [4.78, 5) is 3.79. The fraction of sp³-hybridized carbons (Fsp3) is 0.333. The molecule has 0 atom stereocenters. The van der Waals surface area contributed by atoms with E-state index in [4.69, 9.17) is 6.57 Å². The van der Waals surface area contributed by atoms with E-state index in [1.54, 1.807) is 0 Å². The molecule has 6 aromatic rings. The second-order valence-corrected chi connectivity index (χ2v) is 12.0. The number of aromatic nitrogens is 2. The van der Waals surface area contributed by atoms with Gasteiger partial charge in [-0.1, -0.05) is 32.0 Å². The van der Waals surface area contributed by atoms with Gasteiger partial charge in [0, 0.05) is 22.4 Å². The smallest absolute Gasteiger partial charge is 0.224 e. The number of rotatable bonds is 1. The van der Waals surface area contributed by atoms with E-state index in [0.717, 1.165) is 5.52 Å². The number of nitrogens with zero attached hydrogens (tertiary/aromatic N) is 3. The third-order valence-electron chi connectivity index (χ3n) is 9.21. The van der Waals surface area contributed by atoms with Crippen LogP contribution in [0.4, 0.5) is 5.69 Å². The molecule has 178 valence electrons. The molecular formula is C33H32N3+. The van der Waals surface area contributed by atoms with Crippen LogP contribution in [0.5, 0.6) is 0 Å². The zero-order valence-electron chi connectivity index (χ0n) is 21.9. The van der Waals surface area contributed by atoms with Gasteiger partial charge in [0.25, 0.3) is 0 Å². The van der Waals surface area contributed by atoms with Crippen molar-refractivity contribution in [2.45, 2.75) is 59.3 Å². The zero-order chi connectivity index (χ0) is 24.9. The summed E-state index contributed by atoms with van der Waals surface area (Å²) in [6, 6.07) is 15.8. The van der Waals surface area contributed by atoms with Crippen LogP contribution in [0.1, 0.15) is 62.1 Å². The standard InChI is InChI=1S/C33H32N3/c1-19-15-26-25-8-7-24(34-5)18-27(25)36-28-17-23(21-9-12-33(3,4)13-10-21)16-22-11-14-35(6)32(30(22)28)29(20(19)2)31(26)36/h7-8,11,14-18,21H,9-10,12-13H2,1-4,6H3/q+1. The third-order valence-corrected chi connectivity index (χ3v) is 9.21. The van der Waals surface area contributed by atoms with Gasteiger partial charge in [-0.05, 0) is 91.1 Å². The number of pyridine rings is 2. The number of aryl methyl sites for hydroxylation is 3. The molecular weight excluding hydrogens is 438 g/mol. The summed E-state index contributed by atoms with van der Waals surface area (Å²) in [5.74, 6) is 0.605. The van der Waals surface area contributed by atoms with E-state index in [1.165, 1.54) is 85.9 Å². The minimum Gasteiger partial charge on any atom is -0.309 e. The van der Waals surface area contributed by atoms with E-state index >= 15 is 0 Å². The third kappa shape index (κ3) is 2.82. The lowest BCUT2D eigenvalue weighted by molar-refractivity contribution is -0.643. The number of fused-ring (bicyclic) bond motifs is 5. The molecule has 1 saturated carbocycles. The molecule has 0 bridgehead atoms. The predicted molar refractivity (Wildman–Crippen MR) is 151 cm³/mol. The van der Waals surface area contributed by atoms with Crippen molar-refractivity contribution in [1.29, 1.82) is 0 Å². The Hall–Kier alpha value is -3.64. The second kappa shape index (κ2) is 7.20. The topological polar surface area (TPSA) is 12.6 Å². The van der Waals surface area contributed by atoms with Crippen molar-refractivity contribution >= 4 is 54.7 Å². The van der Waals surface area contributed by atoms with Crippen molar-refractivity contribution in [3.05, 3.63) is 76.8 Å². The van der Waals surface area contributed by atoms with E-state index in [0.29, 0.717) is 17.0 Å². The fourth-order valence-electron chi connectivity index (χ4n) is 6.95. The first-order chi connectivity index (χ1) is 17.3. The molecule has 3 aromatic heterocycles. The highest BCUT2D eigenvalue weighted by atomic mass is 15.0. The first-order valence-electron chi connectivity index (χ1n) is 13.2. The zero-order valence-corrected chi connectivity index (χ0v) is 21.9. The van der Waals surface area contributed by atoms with Crippen molar-refractivity contribution in [3.8, 4) is 0 Å². The summed E-state index contributed by atoms with van der Waals surface area (Å²) in [6.45, 7) is 17.0. The molecule has 0 N–H and O–H groups in total. The Bertz CT molecular complexity index is 1900. The van der Waals surface area contributed by atoms with Crippen LogP contribution < -0.4 is 4.57 Å². The van der Waals surface area contributed by atoms with Crippen LogP contribution in [0.25, 0.3) is 53.8 Å². The summed E-state index contributed by atoms with van der Waals surface area (Å²) in [5.41, 5.74) is 10.3. The lowest BCUT2D eigenvalue weighted by atomic mass is 9.71. The molecule has 1 aliphatic rings. The molecule has 0 amide bonds. The van der Waals surface area contributed by atoms with Gasteiger partial charge in [-0.3, -0.25) is 0 Å². The van der Waals surface area contributed by atoms with Gasteiger partial charge in [0.15, 0.2) is 11.9 Å². The molecule has 1 fully saturated rings. The van der Waals surface area contributed by atoms with E-state index < -0.39 is 0 Å². The van der Waals surface area contributed by atoms with Crippen LogP contribution in [-0.4, -0.2) is 4.40 Å². The molecule has 36 heavy (non-hydrogen) atoms. The molecule has 0 aliphatic heterocycles. The van der Waals surface area contributed by atoms with E-state index in [9.17, 15) is 0 Å². The lowest BCUT2D eigenvalue weighted by Crippen LogP contribution is -2.29. The number of hydrogen-bond donors (Lipinski definition) is 0. The molecule has 0 saturated heterocycles. The van der Waals surface area contributed by atoms with Gasteiger partial charge < -0.3 is 4.40 Å². The Morgan fingerprint density at radius 2 is 1.72 bits per heavy atom. The lowest BCUT2D eigenvalue weighted by Gasteiger charge is -2.34. The Morgan fingerprint density at radius 3 is 2.47 bits per heavy atom. The summed E-state index contributed by atoms with van der Waals surface area (Å²) in [6.07, 6.45) is 7.31. The van der Waals surface area contributed by atoms with Gasteiger partial charge in [-0.25, -0.2) is 9.41 Å². The van der Waals surface area contributed by atoms with Crippen molar-refractivity contribution < 1.29 is 4.57 Å². The Labute approximate surface area is 212 Å². The van der Waals surface area contributed by atoms with Crippen LogP contribution in [0, 0.1) is 25.8 Å². The summed E-state index contributed by atoms with van der Waals surface area (Å²) in [5, 5.41) is 6.50. The summed E-state index contributed by atoms with van der Waals surface area (Å²) < 4.78 is 4.79. The molecule has 3 heteroatoms. The summed E-state index contributed by atoms with van der Waals surface area (Å²) >= 11 is 0. The largest absolute Gasteiger partial charge is 0.309 e. The molecule has 0 radical (unpaired) electrons. The fourth-order valence-corrected chi connectivity index (χ4v) is 6.95. The van der Waals surface area contributed by atoms with Crippen LogP contribution in [0.2, 0.25) is 0 Å². The minimum atomic E-state index is 0.454. The minimum absolute atomic E-state index is 0.454. The quantitative estimate of drug-likeness (QED) is 0.0987. The highest BCUT2D eigenvalue weighted by Gasteiger charge is 2.30. The molecule has 1 aliphatic carbocycles. The Kier molecular flexibility index (Phi) is 4.33. The van der Waals surface area contributed by atoms with Crippen LogP contribution in [0.15, 0.2) is 48.7 Å². The van der Waals surface area contributed by atoms with Crippen LogP contribution >= 0.6 is 0 Å². The molecule has 7 rings (SSSR count). The highest BCUT2D eigenvalue weighted by molar-refractivity contribution is 6.26. The maximum absolute atomic E-state index is 7.68. The number of hydrogen-bond acceptors (Lipinski definition) is 0. The van der Waals surface area contributed by atoms with Crippen molar-refractivity contribution in [2.24, 2.45) is 12.5 Å². The normalized spacial score (nSPS) is 16.7. The van der Waals surface area contributed by atoms with Gasteiger partial charge in [0.05, 0.1) is 28.4 Å². The molecule has 0 unspecified atom stereocenters. The van der Waals surface area contributed by atoms with E-state index in [2.05, 4.69) is 91.2 Å². The average molecular weight is 471 g/mol. The molecule has 3 nitrogen and oxygen atoms in total. The van der Waals surface area contributed by atoms with Gasteiger partial charge >= 0.3 is 0 Å². The summed E-state index contributed by atoms with van der Waals surface area (Å²) in [7, 11) is 2.18. The van der Waals surface area contributed by atoms with Gasteiger partial charge in [0.2, 0.25) is 5.52 Å². The molecule has 3 heterocycles. The average Bonchev–Trinajstić information content (AvgIpc) is 3.18. The van der Waals surface area contributed by atoms with Crippen molar-refractivity contribution in [2.75, 3.05) is 0 Å². The second-order valence-electron chi connectivity index (χ2n) is 12.0. The Morgan fingerprint density at radius 1 is 0.944 bits per heavy atom. The molecule has 0 spiro atoms. The maximum Gasteiger partial charge on any atom is 0.224 e. The maximum atomic E-state index is 7.68. The van der Waals surface area contributed by atoms with Gasteiger partial charge in [-0.2, -0.15) is 0 Å². The predicted octanol–water partition coefficient (Wildman–Crippen LogP) is 8.67. The SMILES string of the molecule is [C-]#[N+]c1ccc2c3cc(C)c(C)c4c3n(c2c1)c1cc(C2CCC(C)(C)CC2)cc2cc[n+](C)c4c21.